The molecule has 21 heavy (non-hydrogen) atoms. The number of nitrogens with zero attached hydrogens (tertiary/aromatic N) is 1. The normalized spacial score (nSPS) is 11.4. The smallest absolute Gasteiger partial charge is 0.135 e. The molecular formula is C17H16N2OS. The number of benzene rings is 1. The van der Waals surface area contributed by atoms with E-state index in [9.17, 15) is 5.11 Å². The molecule has 2 aromatic rings. The molecule has 0 amide bonds. The number of rotatable bonds is 5. The first kappa shape index (κ1) is 14.9. The lowest BCUT2D eigenvalue weighted by Gasteiger charge is -2.13. The van der Waals surface area contributed by atoms with Crippen LogP contribution in [-0.2, 0) is 0 Å². The molecule has 4 heteroatoms. The minimum atomic E-state index is 0.107. The Bertz CT molecular complexity index is 651. The third kappa shape index (κ3) is 3.77. The number of pyridine rings is 1. The first-order valence-electron chi connectivity index (χ1n) is 6.53. The van der Waals surface area contributed by atoms with Crippen LogP contribution in [0.2, 0.25) is 0 Å². The van der Waals surface area contributed by atoms with Gasteiger partial charge in [-0.25, -0.2) is 0 Å². The maximum atomic E-state index is 10.6. The molecular weight excluding hydrogens is 280 g/mol. The number of aliphatic hydroxyl groups excluding tert-OH is 1. The van der Waals surface area contributed by atoms with E-state index in [0.29, 0.717) is 28.4 Å². The lowest BCUT2D eigenvalue weighted by molar-refractivity contribution is 0.514. The van der Waals surface area contributed by atoms with Gasteiger partial charge in [-0.2, -0.15) is 0 Å². The van der Waals surface area contributed by atoms with Crippen LogP contribution >= 0.6 is 12.2 Å². The summed E-state index contributed by atoms with van der Waals surface area (Å²) in [5.41, 5.74) is 1.83. The Kier molecular flexibility index (Phi) is 5.23. The van der Waals surface area contributed by atoms with Crippen molar-refractivity contribution in [1.82, 2.24) is 10.3 Å². The largest absolute Gasteiger partial charge is 0.507 e. The van der Waals surface area contributed by atoms with Gasteiger partial charge < -0.3 is 10.4 Å². The maximum absolute atomic E-state index is 10.6. The van der Waals surface area contributed by atoms with Crippen molar-refractivity contribution < 1.29 is 5.11 Å². The van der Waals surface area contributed by atoms with Gasteiger partial charge in [-0.05, 0) is 12.1 Å². The average molecular weight is 296 g/mol. The molecule has 0 saturated carbocycles. The minimum absolute atomic E-state index is 0.107. The van der Waals surface area contributed by atoms with E-state index in [2.05, 4.69) is 16.9 Å². The van der Waals surface area contributed by atoms with Crippen molar-refractivity contribution in [2.75, 3.05) is 6.54 Å². The number of aliphatic hydroxyl groups is 1. The molecule has 0 aliphatic rings. The van der Waals surface area contributed by atoms with Crippen LogP contribution in [-0.4, -0.2) is 21.6 Å². The van der Waals surface area contributed by atoms with E-state index in [0.717, 1.165) is 0 Å². The number of thiocarbonyl (C=S) groups is 1. The van der Waals surface area contributed by atoms with E-state index in [-0.39, 0.29) is 5.76 Å². The summed E-state index contributed by atoms with van der Waals surface area (Å²) >= 11 is 5.38. The van der Waals surface area contributed by atoms with Gasteiger partial charge in [0.1, 0.15) is 10.7 Å². The summed E-state index contributed by atoms with van der Waals surface area (Å²) in [6, 6.07) is 14.8. The summed E-state index contributed by atoms with van der Waals surface area (Å²) in [7, 11) is 0. The zero-order chi connectivity index (χ0) is 15.1. The zero-order valence-corrected chi connectivity index (χ0v) is 12.3. The van der Waals surface area contributed by atoms with Crippen LogP contribution in [0.25, 0.3) is 11.3 Å². The van der Waals surface area contributed by atoms with Crippen molar-refractivity contribution in [2.45, 2.75) is 0 Å². The van der Waals surface area contributed by atoms with E-state index < -0.39 is 0 Å². The van der Waals surface area contributed by atoms with Gasteiger partial charge in [0.15, 0.2) is 0 Å². The molecule has 1 aromatic carbocycles. The molecule has 1 aromatic heterocycles. The SMILES string of the molecule is C=CCNC(=S)/C(=C(\O)c1ccccc1)c1ccccn1. The highest BCUT2D eigenvalue weighted by molar-refractivity contribution is 7.81. The average Bonchev–Trinajstić information content (AvgIpc) is 2.55. The highest BCUT2D eigenvalue weighted by Gasteiger charge is 2.16. The minimum Gasteiger partial charge on any atom is -0.507 e. The molecule has 0 radical (unpaired) electrons. The molecule has 2 rings (SSSR count). The van der Waals surface area contributed by atoms with Crippen LogP contribution in [0.4, 0.5) is 0 Å². The monoisotopic (exact) mass is 296 g/mol. The highest BCUT2D eigenvalue weighted by atomic mass is 32.1. The lowest BCUT2D eigenvalue weighted by Crippen LogP contribution is -2.23. The second-order valence-corrected chi connectivity index (χ2v) is 4.71. The van der Waals surface area contributed by atoms with Crippen molar-refractivity contribution in [2.24, 2.45) is 0 Å². The Morgan fingerprint density at radius 2 is 1.90 bits per heavy atom. The second kappa shape index (κ2) is 7.36. The van der Waals surface area contributed by atoms with Crippen LogP contribution < -0.4 is 5.32 Å². The van der Waals surface area contributed by atoms with Gasteiger partial charge in [0.25, 0.3) is 0 Å². The van der Waals surface area contributed by atoms with Gasteiger partial charge in [0.05, 0.1) is 11.3 Å². The van der Waals surface area contributed by atoms with E-state index >= 15 is 0 Å². The number of nitrogens with one attached hydrogen (secondary N) is 1. The summed E-state index contributed by atoms with van der Waals surface area (Å²) < 4.78 is 0. The fourth-order valence-corrected chi connectivity index (χ4v) is 2.13. The zero-order valence-electron chi connectivity index (χ0n) is 11.5. The maximum Gasteiger partial charge on any atom is 0.135 e. The standard InChI is InChI=1S/C17H16N2OS/c1-2-11-19-17(21)15(14-10-6-7-12-18-14)16(20)13-8-4-3-5-9-13/h2-10,12,20H,1,11H2,(H,19,21)/b16-15-. The van der Waals surface area contributed by atoms with Crippen molar-refractivity contribution in [3.8, 4) is 0 Å². The molecule has 0 atom stereocenters. The quantitative estimate of drug-likeness (QED) is 0.383. The summed E-state index contributed by atoms with van der Waals surface area (Å²) in [5, 5.41) is 13.6. The number of hydrogen-bond acceptors (Lipinski definition) is 3. The van der Waals surface area contributed by atoms with E-state index in [4.69, 9.17) is 12.2 Å². The van der Waals surface area contributed by atoms with Crippen LogP contribution in [0.15, 0.2) is 67.4 Å². The molecule has 0 fully saturated rings. The lowest BCUT2D eigenvalue weighted by atomic mass is 10.0. The van der Waals surface area contributed by atoms with E-state index in [1.807, 2.05) is 48.5 Å². The molecule has 0 spiro atoms. The topological polar surface area (TPSA) is 45.1 Å². The van der Waals surface area contributed by atoms with Crippen LogP contribution in [0.5, 0.6) is 0 Å². The molecule has 0 unspecified atom stereocenters. The van der Waals surface area contributed by atoms with Crippen LogP contribution in [0, 0.1) is 0 Å². The Hall–Kier alpha value is -2.46. The van der Waals surface area contributed by atoms with Gasteiger partial charge in [0, 0.05) is 18.3 Å². The molecule has 3 nitrogen and oxygen atoms in total. The summed E-state index contributed by atoms with van der Waals surface area (Å²) in [6.07, 6.45) is 3.38. The van der Waals surface area contributed by atoms with Gasteiger partial charge in [-0.3, -0.25) is 4.98 Å². The first-order chi connectivity index (χ1) is 10.2. The van der Waals surface area contributed by atoms with Gasteiger partial charge in [-0.1, -0.05) is 54.7 Å². The number of aromatic nitrogens is 1. The molecule has 0 aliphatic carbocycles. The van der Waals surface area contributed by atoms with Crippen LogP contribution in [0.1, 0.15) is 11.3 Å². The van der Waals surface area contributed by atoms with E-state index in [1.54, 1.807) is 12.3 Å². The Labute approximate surface area is 129 Å². The molecule has 0 bridgehead atoms. The summed E-state index contributed by atoms with van der Waals surface area (Å²) in [4.78, 5) is 4.72. The second-order valence-electron chi connectivity index (χ2n) is 4.30. The fraction of sp³-hybridized carbons (Fsp3) is 0.0588. The third-order valence-electron chi connectivity index (χ3n) is 2.84. The molecule has 106 valence electrons. The van der Waals surface area contributed by atoms with Crippen LogP contribution in [0.3, 0.4) is 0 Å². The predicted molar refractivity (Wildman–Crippen MR) is 90.9 cm³/mol. The molecule has 2 N–H and O–H groups in total. The Morgan fingerprint density at radius 1 is 1.19 bits per heavy atom. The Morgan fingerprint density at radius 3 is 2.52 bits per heavy atom. The van der Waals surface area contributed by atoms with Gasteiger partial charge in [0.2, 0.25) is 0 Å². The highest BCUT2D eigenvalue weighted by Crippen LogP contribution is 2.23. The van der Waals surface area contributed by atoms with E-state index in [1.165, 1.54) is 0 Å². The van der Waals surface area contributed by atoms with Crippen molar-refractivity contribution >= 4 is 28.5 Å². The molecule has 1 heterocycles. The summed E-state index contributed by atoms with van der Waals surface area (Å²) in [5.74, 6) is 0.107. The number of hydrogen-bond donors (Lipinski definition) is 2. The first-order valence-corrected chi connectivity index (χ1v) is 6.94. The van der Waals surface area contributed by atoms with Crippen molar-refractivity contribution in [3.05, 3.63) is 78.6 Å². The van der Waals surface area contributed by atoms with Gasteiger partial charge in [-0.15, -0.1) is 6.58 Å². The predicted octanol–water partition coefficient (Wildman–Crippen LogP) is 3.61. The molecule has 0 saturated heterocycles. The Balaban J connectivity index is 2.50. The van der Waals surface area contributed by atoms with Crippen molar-refractivity contribution in [3.63, 3.8) is 0 Å². The molecule has 0 aliphatic heterocycles. The summed E-state index contributed by atoms with van der Waals surface area (Å²) in [6.45, 7) is 4.18. The van der Waals surface area contributed by atoms with Crippen molar-refractivity contribution in [1.29, 1.82) is 0 Å². The third-order valence-corrected chi connectivity index (χ3v) is 3.19. The fourth-order valence-electron chi connectivity index (χ4n) is 1.85. The van der Waals surface area contributed by atoms with Gasteiger partial charge >= 0.3 is 0 Å².